The molecule has 0 unspecified atom stereocenters. The number of aromatic nitrogens is 3. The molecule has 0 bridgehead atoms. The van der Waals surface area contributed by atoms with Crippen LogP contribution < -0.4 is 21.6 Å². The molecule has 2 aromatic rings. The molecule has 3 N–H and O–H groups in total. The van der Waals surface area contributed by atoms with Gasteiger partial charge in [0.1, 0.15) is 0 Å². The van der Waals surface area contributed by atoms with Crippen LogP contribution in [0.1, 0.15) is 6.92 Å². The zero-order chi connectivity index (χ0) is 15.6. The van der Waals surface area contributed by atoms with Crippen LogP contribution in [0.2, 0.25) is 0 Å². The number of nitrogens with two attached hydrogens (primary N) is 1. The maximum Gasteiger partial charge on any atom is 0.339 e. The van der Waals surface area contributed by atoms with Gasteiger partial charge in [0.15, 0.2) is 16.7 Å². The molecule has 0 amide bonds. The first kappa shape index (κ1) is 15.1. The van der Waals surface area contributed by atoms with Crippen LogP contribution in [0.4, 0.5) is 10.1 Å². The molecule has 0 spiro atoms. The first-order valence-corrected chi connectivity index (χ1v) is 6.81. The Balaban J connectivity index is 2.44. The average Bonchev–Trinajstić information content (AvgIpc) is 2.41. The van der Waals surface area contributed by atoms with E-state index in [2.05, 4.69) is 10.1 Å². The van der Waals surface area contributed by atoms with Crippen molar-refractivity contribution >= 4 is 17.4 Å². The molecule has 1 heterocycles. The maximum absolute atomic E-state index is 13.6. The van der Waals surface area contributed by atoms with Crippen LogP contribution >= 0.6 is 11.8 Å². The van der Waals surface area contributed by atoms with Gasteiger partial charge in [-0.05, 0) is 24.8 Å². The zero-order valence-electron chi connectivity index (χ0n) is 11.3. The van der Waals surface area contributed by atoms with Crippen LogP contribution in [-0.4, -0.2) is 21.4 Å². The second kappa shape index (κ2) is 6.00. The fourth-order valence-electron chi connectivity index (χ4n) is 1.55. The Bertz CT molecular complexity index is 787. The van der Waals surface area contributed by atoms with Crippen molar-refractivity contribution in [1.82, 2.24) is 14.8 Å². The predicted octanol–water partition coefficient (Wildman–Crippen LogP) is 0.740. The minimum Gasteiger partial charge on any atom is -0.491 e. The minimum atomic E-state index is -0.902. The molecule has 9 heteroatoms. The summed E-state index contributed by atoms with van der Waals surface area (Å²) in [6, 6.07) is 2.56. The Morgan fingerprint density at radius 3 is 2.86 bits per heavy atom. The third-order valence-corrected chi connectivity index (χ3v) is 3.63. The molecule has 0 atom stereocenters. The summed E-state index contributed by atoms with van der Waals surface area (Å²) in [5, 5.41) is 2.54. The van der Waals surface area contributed by atoms with Crippen LogP contribution in [0.25, 0.3) is 0 Å². The lowest BCUT2D eigenvalue weighted by molar-refractivity contribution is 0.321. The topological polar surface area (TPSA) is 103 Å². The Morgan fingerprint density at radius 2 is 2.19 bits per heavy atom. The lowest BCUT2D eigenvalue weighted by Gasteiger charge is -2.11. The number of anilines is 1. The van der Waals surface area contributed by atoms with E-state index in [1.165, 1.54) is 17.8 Å². The van der Waals surface area contributed by atoms with Crippen LogP contribution in [0, 0.1) is 5.82 Å². The van der Waals surface area contributed by atoms with Crippen molar-refractivity contribution in [3.63, 3.8) is 0 Å². The molecule has 1 aromatic carbocycles. The van der Waals surface area contributed by atoms with Gasteiger partial charge in [0, 0.05) is 23.7 Å². The van der Waals surface area contributed by atoms with E-state index in [1.807, 2.05) is 0 Å². The number of halogens is 1. The molecule has 7 nitrogen and oxygen atoms in total. The van der Waals surface area contributed by atoms with Crippen molar-refractivity contribution < 1.29 is 9.13 Å². The Morgan fingerprint density at radius 1 is 1.48 bits per heavy atom. The average molecular weight is 312 g/mol. The molecule has 0 radical (unpaired) electrons. The molecule has 2 rings (SSSR count). The zero-order valence-corrected chi connectivity index (χ0v) is 12.2. The predicted molar refractivity (Wildman–Crippen MR) is 76.2 cm³/mol. The van der Waals surface area contributed by atoms with Gasteiger partial charge in [-0.15, -0.1) is 0 Å². The number of benzene rings is 1. The highest BCUT2D eigenvalue weighted by Gasteiger charge is 2.13. The highest BCUT2D eigenvalue weighted by atomic mass is 32.2. The summed E-state index contributed by atoms with van der Waals surface area (Å²) in [5.74, 6) is -0.509. The molecule has 112 valence electrons. The van der Waals surface area contributed by atoms with E-state index >= 15 is 0 Å². The van der Waals surface area contributed by atoms with Crippen LogP contribution in [-0.2, 0) is 7.05 Å². The van der Waals surface area contributed by atoms with Gasteiger partial charge in [0.25, 0.3) is 0 Å². The maximum atomic E-state index is 13.6. The van der Waals surface area contributed by atoms with Gasteiger partial charge >= 0.3 is 11.1 Å². The Kier molecular flexibility index (Phi) is 4.32. The summed E-state index contributed by atoms with van der Waals surface area (Å²) in [6.45, 7) is 2.04. The molecule has 0 fully saturated rings. The number of hydrogen-bond acceptors (Lipinski definition) is 6. The van der Waals surface area contributed by atoms with Gasteiger partial charge < -0.3 is 10.5 Å². The standard InChI is InChI=1S/C12H13FN4O3S/c1-3-20-8-5-9(7(14)4-6(8)13)21-12-15-10(18)11(19)16-17(12)2/h4-5H,3,14H2,1-2H3,(H,16,19). The van der Waals surface area contributed by atoms with Crippen molar-refractivity contribution in [3.05, 3.63) is 38.7 Å². The van der Waals surface area contributed by atoms with Gasteiger partial charge in [0.2, 0.25) is 0 Å². The summed E-state index contributed by atoms with van der Waals surface area (Å²) >= 11 is 1.02. The lowest BCUT2D eigenvalue weighted by Crippen LogP contribution is -2.33. The first-order valence-electron chi connectivity index (χ1n) is 5.99. The molecule has 0 aliphatic heterocycles. The summed E-state index contributed by atoms with van der Waals surface area (Å²) < 4.78 is 20.1. The summed E-state index contributed by atoms with van der Waals surface area (Å²) in [5.41, 5.74) is 4.21. The molecular formula is C12H13FN4O3S. The van der Waals surface area contributed by atoms with Gasteiger partial charge in [-0.3, -0.25) is 19.4 Å². The van der Waals surface area contributed by atoms with E-state index in [9.17, 15) is 14.0 Å². The number of nitrogens with zero attached hydrogens (tertiary/aromatic N) is 2. The molecule has 1 aromatic heterocycles. The highest BCUT2D eigenvalue weighted by molar-refractivity contribution is 7.99. The summed E-state index contributed by atoms with van der Waals surface area (Å²) in [4.78, 5) is 26.5. The molecular weight excluding hydrogens is 299 g/mol. The molecule has 0 saturated heterocycles. The van der Waals surface area contributed by atoms with Gasteiger partial charge in [-0.2, -0.15) is 4.98 Å². The van der Waals surface area contributed by atoms with Gasteiger partial charge in [-0.1, -0.05) is 0 Å². The molecule has 0 aliphatic rings. The number of H-pyrrole nitrogens is 1. The second-order valence-electron chi connectivity index (χ2n) is 4.06. The van der Waals surface area contributed by atoms with E-state index in [4.69, 9.17) is 10.5 Å². The number of aromatic amines is 1. The number of nitrogen functional groups attached to an aromatic ring is 1. The van der Waals surface area contributed by atoms with E-state index in [0.717, 1.165) is 17.8 Å². The number of nitrogens with one attached hydrogen (secondary N) is 1. The lowest BCUT2D eigenvalue weighted by atomic mass is 10.3. The van der Waals surface area contributed by atoms with Crippen molar-refractivity contribution in [1.29, 1.82) is 0 Å². The second-order valence-corrected chi connectivity index (χ2v) is 5.06. The van der Waals surface area contributed by atoms with Crippen LogP contribution in [0.15, 0.2) is 31.8 Å². The van der Waals surface area contributed by atoms with Crippen molar-refractivity contribution in [2.24, 2.45) is 7.05 Å². The van der Waals surface area contributed by atoms with Crippen LogP contribution in [0.5, 0.6) is 5.75 Å². The normalized spacial score (nSPS) is 10.6. The fourth-order valence-corrected chi connectivity index (χ4v) is 2.41. The highest BCUT2D eigenvalue weighted by Crippen LogP contribution is 2.34. The van der Waals surface area contributed by atoms with E-state index < -0.39 is 16.9 Å². The third-order valence-electron chi connectivity index (χ3n) is 2.51. The number of ether oxygens (including phenoxy) is 1. The minimum absolute atomic E-state index is 0.0589. The van der Waals surface area contributed by atoms with Crippen molar-refractivity contribution in [2.75, 3.05) is 12.3 Å². The smallest absolute Gasteiger partial charge is 0.339 e. The van der Waals surface area contributed by atoms with Crippen LogP contribution in [0.3, 0.4) is 0 Å². The Hall–Kier alpha value is -2.29. The molecule has 0 aliphatic carbocycles. The summed E-state index contributed by atoms with van der Waals surface area (Å²) in [6.07, 6.45) is 0. The van der Waals surface area contributed by atoms with E-state index in [-0.39, 0.29) is 16.6 Å². The quantitative estimate of drug-likeness (QED) is 0.637. The number of aryl methyl sites for hydroxylation is 1. The monoisotopic (exact) mass is 312 g/mol. The third kappa shape index (κ3) is 3.24. The first-order chi connectivity index (χ1) is 9.92. The number of hydrogen-bond donors (Lipinski definition) is 2. The number of rotatable bonds is 4. The van der Waals surface area contributed by atoms with Crippen molar-refractivity contribution in [2.45, 2.75) is 17.0 Å². The molecule has 21 heavy (non-hydrogen) atoms. The van der Waals surface area contributed by atoms with Crippen molar-refractivity contribution in [3.8, 4) is 5.75 Å². The van der Waals surface area contributed by atoms with Gasteiger partial charge in [0.05, 0.1) is 6.61 Å². The summed E-state index contributed by atoms with van der Waals surface area (Å²) in [7, 11) is 1.53. The SMILES string of the molecule is CCOc1cc(Sc2nc(=O)c(=O)[nH]n2C)c(N)cc1F. The van der Waals surface area contributed by atoms with E-state index in [1.54, 1.807) is 6.92 Å². The Labute approximate surface area is 122 Å². The molecule has 0 saturated carbocycles. The van der Waals surface area contributed by atoms with Gasteiger partial charge in [-0.25, -0.2) is 4.39 Å². The van der Waals surface area contributed by atoms with E-state index in [0.29, 0.717) is 11.5 Å². The largest absolute Gasteiger partial charge is 0.491 e. The fraction of sp³-hybridized carbons (Fsp3) is 0.250.